The molecule has 0 bridgehead atoms. The van der Waals surface area contributed by atoms with Crippen LogP contribution in [0.15, 0.2) is 29.2 Å². The van der Waals surface area contributed by atoms with E-state index >= 15 is 0 Å². The van der Waals surface area contributed by atoms with E-state index in [2.05, 4.69) is 10.6 Å². The first kappa shape index (κ1) is 26.3. The molecule has 1 saturated heterocycles. The van der Waals surface area contributed by atoms with Crippen LogP contribution in [-0.4, -0.2) is 55.0 Å². The molecule has 1 aromatic rings. The maximum atomic E-state index is 13.1. The lowest BCUT2D eigenvalue weighted by Gasteiger charge is -2.28. The van der Waals surface area contributed by atoms with Gasteiger partial charge in [0.2, 0.25) is 15.9 Å². The quantitative estimate of drug-likeness (QED) is 0.549. The first-order valence-corrected chi connectivity index (χ1v) is 12.5. The van der Waals surface area contributed by atoms with Gasteiger partial charge in [-0.05, 0) is 54.7 Å². The van der Waals surface area contributed by atoms with Gasteiger partial charge in [-0.25, -0.2) is 13.2 Å². The van der Waals surface area contributed by atoms with Crippen molar-refractivity contribution in [3.8, 4) is 0 Å². The number of benzene rings is 1. The van der Waals surface area contributed by atoms with Crippen LogP contribution in [0.25, 0.3) is 0 Å². The molecular weight excluding hydrogens is 475 g/mol. The van der Waals surface area contributed by atoms with Crippen LogP contribution in [0.4, 0.5) is 18.0 Å². The second-order valence-electron chi connectivity index (χ2n) is 10.2. The minimum Gasteiger partial charge on any atom is -0.465 e. The molecule has 2 amide bonds. The highest BCUT2D eigenvalue weighted by Crippen LogP contribution is 2.41. The summed E-state index contributed by atoms with van der Waals surface area (Å²) in [7, 11) is -4.14. The van der Waals surface area contributed by atoms with Crippen molar-refractivity contribution < 1.29 is 36.3 Å². The fourth-order valence-electron chi connectivity index (χ4n) is 4.84. The van der Waals surface area contributed by atoms with Gasteiger partial charge in [0.1, 0.15) is 6.04 Å². The lowest BCUT2D eigenvalue weighted by molar-refractivity contribution is -0.137. The van der Waals surface area contributed by atoms with Crippen LogP contribution >= 0.6 is 0 Å². The number of halogens is 3. The van der Waals surface area contributed by atoms with Crippen molar-refractivity contribution >= 4 is 22.0 Å². The molecule has 1 aromatic carbocycles. The highest BCUT2D eigenvalue weighted by molar-refractivity contribution is 7.89. The number of carbonyl (C=O) groups is 2. The van der Waals surface area contributed by atoms with Crippen LogP contribution in [-0.2, 0) is 21.0 Å². The summed E-state index contributed by atoms with van der Waals surface area (Å²) in [5.41, 5.74) is -1.35. The summed E-state index contributed by atoms with van der Waals surface area (Å²) >= 11 is 0. The van der Waals surface area contributed by atoms with E-state index in [0.29, 0.717) is 18.9 Å². The molecule has 12 heteroatoms. The Kier molecular flexibility index (Phi) is 7.24. The number of amides is 2. The zero-order valence-corrected chi connectivity index (χ0v) is 20.0. The largest absolute Gasteiger partial charge is 0.465 e. The van der Waals surface area contributed by atoms with Crippen LogP contribution < -0.4 is 10.6 Å². The van der Waals surface area contributed by atoms with Crippen LogP contribution in [0.2, 0.25) is 0 Å². The van der Waals surface area contributed by atoms with Gasteiger partial charge in [-0.1, -0.05) is 26.8 Å². The number of alkyl halides is 3. The first-order chi connectivity index (χ1) is 15.6. The number of hydrogen-bond donors (Lipinski definition) is 3. The van der Waals surface area contributed by atoms with Crippen molar-refractivity contribution in [1.82, 2.24) is 14.9 Å². The number of nitrogens with one attached hydrogen (secondary N) is 2. The summed E-state index contributed by atoms with van der Waals surface area (Å²) in [6, 6.07) is 2.37. The third-order valence-electron chi connectivity index (χ3n) is 6.38. The lowest BCUT2D eigenvalue weighted by Crippen LogP contribution is -2.52. The Balaban J connectivity index is 1.72. The van der Waals surface area contributed by atoms with Crippen LogP contribution in [0, 0.1) is 17.3 Å². The highest BCUT2D eigenvalue weighted by atomic mass is 32.2. The molecule has 3 N–H and O–H groups in total. The molecule has 1 aliphatic carbocycles. The summed E-state index contributed by atoms with van der Waals surface area (Å²) in [6.07, 6.45) is -4.42. The van der Waals surface area contributed by atoms with Crippen molar-refractivity contribution in [1.29, 1.82) is 0 Å². The molecule has 2 aliphatic rings. The second kappa shape index (κ2) is 9.37. The first-order valence-electron chi connectivity index (χ1n) is 11.1. The van der Waals surface area contributed by atoms with E-state index in [9.17, 15) is 31.2 Å². The van der Waals surface area contributed by atoms with E-state index in [1.54, 1.807) is 0 Å². The Hall–Kier alpha value is -2.34. The van der Waals surface area contributed by atoms with Gasteiger partial charge in [0.05, 0.1) is 10.5 Å². The van der Waals surface area contributed by atoms with Gasteiger partial charge in [-0.3, -0.25) is 4.79 Å². The van der Waals surface area contributed by atoms with Crippen LogP contribution in [0.5, 0.6) is 0 Å². The second-order valence-corrected chi connectivity index (χ2v) is 12.2. The number of hydrogen-bond acceptors (Lipinski definition) is 4. The van der Waals surface area contributed by atoms with Gasteiger partial charge < -0.3 is 15.7 Å². The lowest BCUT2D eigenvalue weighted by atomic mass is 9.87. The fourth-order valence-corrected chi connectivity index (χ4v) is 6.42. The van der Waals surface area contributed by atoms with Gasteiger partial charge in [0.15, 0.2) is 0 Å². The monoisotopic (exact) mass is 505 g/mol. The molecule has 0 aromatic heterocycles. The smallest absolute Gasteiger partial charge is 0.416 e. The molecule has 2 fully saturated rings. The average Bonchev–Trinajstić information content (AvgIpc) is 3.28. The van der Waals surface area contributed by atoms with Crippen LogP contribution in [0.3, 0.4) is 0 Å². The maximum absolute atomic E-state index is 13.1. The molecule has 3 rings (SSSR count). The fraction of sp³-hybridized carbons (Fsp3) is 0.636. The summed E-state index contributed by atoms with van der Waals surface area (Å²) in [5.74, 6) is -0.717. The van der Waals surface area contributed by atoms with Crippen molar-refractivity contribution in [2.24, 2.45) is 17.3 Å². The molecule has 190 valence electrons. The minimum absolute atomic E-state index is 0.0422. The molecule has 1 saturated carbocycles. The average molecular weight is 506 g/mol. The molecule has 1 aliphatic heterocycles. The Bertz CT molecular complexity index is 1040. The Morgan fingerprint density at radius 2 is 1.85 bits per heavy atom. The molecule has 0 radical (unpaired) electrons. The normalized spacial score (nSPS) is 24.5. The van der Waals surface area contributed by atoms with Gasteiger partial charge in [-0.15, -0.1) is 0 Å². The molecular formula is C22H30F3N3O5S. The molecule has 0 spiro atoms. The van der Waals surface area contributed by atoms with E-state index < -0.39 is 44.7 Å². The summed E-state index contributed by atoms with van der Waals surface area (Å²) in [6.45, 7) is 5.89. The number of nitrogens with zero attached hydrogens (tertiary/aromatic N) is 1. The third-order valence-corrected chi connectivity index (χ3v) is 8.21. The van der Waals surface area contributed by atoms with E-state index in [1.165, 1.54) is 4.31 Å². The van der Waals surface area contributed by atoms with Crippen molar-refractivity contribution in [2.45, 2.75) is 63.2 Å². The zero-order valence-electron chi connectivity index (χ0n) is 19.2. The highest BCUT2D eigenvalue weighted by Gasteiger charge is 2.47. The Labute approximate surface area is 196 Å². The van der Waals surface area contributed by atoms with Crippen molar-refractivity contribution in [3.63, 3.8) is 0 Å². The predicted molar refractivity (Wildman–Crippen MR) is 117 cm³/mol. The third kappa shape index (κ3) is 6.01. The minimum atomic E-state index is -4.66. The standard InChI is InChI=1S/C22H30F3N3O5S/c1-21(2,3)10-18(27-20(30)31)19(29)26-17-8-7-13-11-28(12-16(13)17)34(32,33)15-6-4-5-14(9-15)22(23,24)25/h4-6,9,13,16-18,27H,7-8,10-12H2,1-3H3,(H,26,29)(H,30,31)/t13-,16+,17+,18+/m1/s1. The predicted octanol–water partition coefficient (Wildman–Crippen LogP) is 3.29. The zero-order chi connectivity index (χ0) is 25.5. The van der Waals surface area contributed by atoms with Crippen molar-refractivity contribution in [2.75, 3.05) is 13.1 Å². The molecule has 8 nitrogen and oxygen atoms in total. The number of carboxylic acid groups (broad SMARTS) is 1. The van der Waals surface area contributed by atoms with E-state index in [0.717, 1.165) is 18.2 Å². The molecule has 0 unspecified atom stereocenters. The molecule has 1 heterocycles. The molecule has 4 atom stereocenters. The van der Waals surface area contributed by atoms with E-state index in [-0.39, 0.29) is 42.8 Å². The number of sulfonamides is 1. The summed E-state index contributed by atoms with van der Waals surface area (Å²) in [5, 5.41) is 14.2. The van der Waals surface area contributed by atoms with Gasteiger partial charge >= 0.3 is 12.3 Å². The number of carbonyl (C=O) groups excluding carboxylic acids is 1. The van der Waals surface area contributed by atoms with Gasteiger partial charge in [-0.2, -0.15) is 17.5 Å². The van der Waals surface area contributed by atoms with E-state index in [4.69, 9.17) is 5.11 Å². The summed E-state index contributed by atoms with van der Waals surface area (Å²) < 4.78 is 66.4. The number of fused-ring (bicyclic) bond motifs is 1. The summed E-state index contributed by atoms with van der Waals surface area (Å²) in [4.78, 5) is 23.6. The SMILES string of the molecule is CC(C)(C)C[C@H](NC(=O)O)C(=O)N[C@H]1CC[C@@H]2CN(S(=O)(=O)c3cccc(C(F)(F)F)c3)C[C@@H]21. The van der Waals surface area contributed by atoms with Crippen LogP contribution in [0.1, 0.15) is 45.6 Å². The number of rotatable bonds is 6. The maximum Gasteiger partial charge on any atom is 0.416 e. The van der Waals surface area contributed by atoms with E-state index in [1.807, 2.05) is 20.8 Å². The van der Waals surface area contributed by atoms with Crippen molar-refractivity contribution in [3.05, 3.63) is 29.8 Å². The Morgan fingerprint density at radius 1 is 1.18 bits per heavy atom. The molecule has 34 heavy (non-hydrogen) atoms. The van der Waals surface area contributed by atoms with Gasteiger partial charge in [0.25, 0.3) is 0 Å². The van der Waals surface area contributed by atoms with Gasteiger partial charge in [0, 0.05) is 19.1 Å². The Morgan fingerprint density at radius 3 is 2.44 bits per heavy atom. The topological polar surface area (TPSA) is 116 Å².